The zero-order valence-electron chi connectivity index (χ0n) is 18.4. The third-order valence-electron chi connectivity index (χ3n) is 5.33. The van der Waals surface area contributed by atoms with Gasteiger partial charge in [-0.15, -0.1) is 0 Å². The quantitative estimate of drug-likeness (QED) is 0.496. The Labute approximate surface area is 191 Å². The Morgan fingerprint density at radius 1 is 0.939 bits per heavy atom. The zero-order valence-corrected chi connectivity index (χ0v) is 18.4. The molecule has 2 atom stereocenters. The van der Waals surface area contributed by atoms with Crippen molar-refractivity contribution in [3.63, 3.8) is 0 Å². The molecule has 9 heteroatoms. The standard InChI is InChI=1S/C24H26N2O7/c1-3-32-23(30)14(2)25-22(29)20(12-21(27)28)26-24(31)33-13-19-17-10-6-4-8-15(17)16-9-5-7-11-18(16)19/h4-11,14,19-20H,3,12-13H2,1-2H3,(H,25,29)(H,26,31)(H,27,28). The van der Waals surface area contributed by atoms with E-state index in [2.05, 4.69) is 10.6 Å². The topological polar surface area (TPSA) is 131 Å². The molecule has 0 fully saturated rings. The number of alkyl carbamates (subject to hydrolysis) is 1. The van der Waals surface area contributed by atoms with Crippen molar-refractivity contribution in [3.05, 3.63) is 59.7 Å². The lowest BCUT2D eigenvalue weighted by Gasteiger charge is -2.20. The molecule has 0 spiro atoms. The summed E-state index contributed by atoms with van der Waals surface area (Å²) in [6.45, 7) is 3.18. The lowest BCUT2D eigenvalue weighted by Crippen LogP contribution is -2.52. The maximum absolute atomic E-state index is 12.5. The Balaban J connectivity index is 1.64. The Morgan fingerprint density at radius 3 is 2.06 bits per heavy atom. The number of rotatable bonds is 9. The van der Waals surface area contributed by atoms with E-state index in [1.54, 1.807) is 6.92 Å². The van der Waals surface area contributed by atoms with E-state index in [-0.39, 0.29) is 19.1 Å². The maximum atomic E-state index is 12.5. The molecule has 0 heterocycles. The van der Waals surface area contributed by atoms with Gasteiger partial charge in [0.15, 0.2) is 0 Å². The van der Waals surface area contributed by atoms with Crippen molar-refractivity contribution in [1.29, 1.82) is 0 Å². The summed E-state index contributed by atoms with van der Waals surface area (Å²) in [5.74, 6) is -2.97. The van der Waals surface area contributed by atoms with Gasteiger partial charge in [-0.25, -0.2) is 9.59 Å². The molecule has 0 aromatic heterocycles. The number of nitrogens with one attached hydrogen (secondary N) is 2. The monoisotopic (exact) mass is 454 g/mol. The summed E-state index contributed by atoms with van der Waals surface area (Å²) in [6.07, 6.45) is -1.60. The first-order valence-corrected chi connectivity index (χ1v) is 10.6. The van der Waals surface area contributed by atoms with Gasteiger partial charge in [-0.1, -0.05) is 48.5 Å². The minimum atomic E-state index is -1.42. The fourth-order valence-electron chi connectivity index (χ4n) is 3.81. The van der Waals surface area contributed by atoms with Crippen LogP contribution in [-0.4, -0.2) is 54.3 Å². The van der Waals surface area contributed by atoms with E-state index < -0.39 is 42.4 Å². The van der Waals surface area contributed by atoms with E-state index in [1.165, 1.54) is 6.92 Å². The van der Waals surface area contributed by atoms with Crippen LogP contribution in [0.25, 0.3) is 11.1 Å². The number of carboxylic acids is 1. The van der Waals surface area contributed by atoms with E-state index in [4.69, 9.17) is 14.6 Å². The molecule has 2 amide bonds. The second-order valence-corrected chi connectivity index (χ2v) is 7.60. The number of carboxylic acid groups (broad SMARTS) is 1. The number of carbonyl (C=O) groups excluding carboxylic acids is 3. The van der Waals surface area contributed by atoms with E-state index in [9.17, 15) is 19.2 Å². The van der Waals surface area contributed by atoms with E-state index in [0.29, 0.717) is 0 Å². The van der Waals surface area contributed by atoms with Crippen molar-refractivity contribution in [2.75, 3.05) is 13.2 Å². The number of carbonyl (C=O) groups is 4. The maximum Gasteiger partial charge on any atom is 0.407 e. The largest absolute Gasteiger partial charge is 0.481 e. The smallest absolute Gasteiger partial charge is 0.407 e. The van der Waals surface area contributed by atoms with Crippen LogP contribution in [0.4, 0.5) is 4.79 Å². The number of hydrogen-bond acceptors (Lipinski definition) is 6. The molecule has 1 aliphatic carbocycles. The van der Waals surface area contributed by atoms with Gasteiger partial charge in [0.1, 0.15) is 18.7 Å². The summed E-state index contributed by atoms with van der Waals surface area (Å²) >= 11 is 0. The van der Waals surface area contributed by atoms with Crippen molar-refractivity contribution >= 4 is 23.9 Å². The van der Waals surface area contributed by atoms with Gasteiger partial charge < -0.3 is 25.2 Å². The SMILES string of the molecule is CCOC(=O)C(C)NC(=O)C(CC(=O)O)NC(=O)OCC1c2ccccc2-c2ccccc21. The van der Waals surface area contributed by atoms with Crippen LogP contribution in [0.3, 0.4) is 0 Å². The lowest BCUT2D eigenvalue weighted by atomic mass is 9.98. The summed E-state index contributed by atoms with van der Waals surface area (Å²) in [7, 11) is 0. The van der Waals surface area contributed by atoms with Crippen LogP contribution in [0.15, 0.2) is 48.5 Å². The average Bonchev–Trinajstić information content (AvgIpc) is 3.11. The predicted octanol–water partition coefficient (Wildman–Crippen LogP) is 2.44. The Hall–Kier alpha value is -3.88. The van der Waals surface area contributed by atoms with Gasteiger partial charge in [-0.2, -0.15) is 0 Å². The molecule has 0 radical (unpaired) electrons. The highest BCUT2D eigenvalue weighted by molar-refractivity contribution is 5.92. The highest BCUT2D eigenvalue weighted by Gasteiger charge is 2.31. The predicted molar refractivity (Wildman–Crippen MR) is 118 cm³/mol. The highest BCUT2D eigenvalue weighted by Crippen LogP contribution is 2.44. The summed E-state index contributed by atoms with van der Waals surface area (Å²) in [5, 5.41) is 13.8. The highest BCUT2D eigenvalue weighted by atomic mass is 16.5. The number of esters is 1. The molecule has 0 saturated carbocycles. The molecule has 3 rings (SSSR count). The normalized spacial score (nSPS) is 13.8. The Kier molecular flexibility index (Phi) is 7.66. The number of amides is 2. The molecule has 33 heavy (non-hydrogen) atoms. The molecule has 3 N–H and O–H groups in total. The fraction of sp³-hybridized carbons (Fsp3) is 0.333. The number of hydrogen-bond donors (Lipinski definition) is 3. The first kappa shape index (κ1) is 23.8. The zero-order chi connectivity index (χ0) is 24.0. The first-order valence-electron chi connectivity index (χ1n) is 10.6. The number of benzene rings is 2. The van der Waals surface area contributed by atoms with Gasteiger partial charge in [-0.3, -0.25) is 9.59 Å². The lowest BCUT2D eigenvalue weighted by molar-refractivity contribution is -0.147. The van der Waals surface area contributed by atoms with Crippen LogP contribution in [0.1, 0.15) is 37.3 Å². The molecule has 1 aliphatic rings. The number of aliphatic carboxylic acids is 1. The van der Waals surface area contributed by atoms with Crippen molar-refractivity contribution in [3.8, 4) is 11.1 Å². The third kappa shape index (κ3) is 5.68. The van der Waals surface area contributed by atoms with Crippen molar-refractivity contribution in [2.24, 2.45) is 0 Å². The molecular weight excluding hydrogens is 428 g/mol. The Morgan fingerprint density at radius 2 is 1.52 bits per heavy atom. The second kappa shape index (κ2) is 10.6. The van der Waals surface area contributed by atoms with Gasteiger partial charge in [0, 0.05) is 5.92 Å². The van der Waals surface area contributed by atoms with Crippen molar-refractivity contribution in [2.45, 2.75) is 38.3 Å². The van der Waals surface area contributed by atoms with Crippen molar-refractivity contribution in [1.82, 2.24) is 10.6 Å². The molecule has 2 aromatic rings. The molecule has 0 saturated heterocycles. The number of fused-ring (bicyclic) bond motifs is 3. The van der Waals surface area contributed by atoms with E-state index >= 15 is 0 Å². The van der Waals surface area contributed by atoms with E-state index in [0.717, 1.165) is 22.3 Å². The minimum Gasteiger partial charge on any atom is -0.481 e. The average molecular weight is 454 g/mol. The van der Waals surface area contributed by atoms with Crippen LogP contribution in [-0.2, 0) is 23.9 Å². The molecular formula is C24H26N2O7. The summed E-state index contributed by atoms with van der Waals surface area (Å²) < 4.78 is 10.2. The number of ether oxygens (including phenoxy) is 2. The summed E-state index contributed by atoms with van der Waals surface area (Å²) in [6, 6.07) is 13.2. The van der Waals surface area contributed by atoms with Gasteiger partial charge in [-0.05, 0) is 36.1 Å². The molecule has 9 nitrogen and oxygen atoms in total. The van der Waals surface area contributed by atoms with Crippen LogP contribution in [0.2, 0.25) is 0 Å². The molecule has 0 bridgehead atoms. The molecule has 2 unspecified atom stereocenters. The molecule has 2 aromatic carbocycles. The van der Waals surface area contributed by atoms with E-state index in [1.807, 2.05) is 48.5 Å². The minimum absolute atomic E-state index is 0.0144. The fourth-order valence-corrected chi connectivity index (χ4v) is 3.81. The summed E-state index contributed by atoms with van der Waals surface area (Å²) in [4.78, 5) is 47.8. The second-order valence-electron chi connectivity index (χ2n) is 7.60. The van der Waals surface area contributed by atoms with Gasteiger partial charge in [0.25, 0.3) is 0 Å². The molecule has 174 valence electrons. The third-order valence-corrected chi connectivity index (χ3v) is 5.33. The summed E-state index contributed by atoms with van der Waals surface area (Å²) in [5.41, 5.74) is 4.18. The molecule has 0 aliphatic heterocycles. The van der Waals surface area contributed by atoms with Gasteiger partial charge in [0.2, 0.25) is 5.91 Å². The van der Waals surface area contributed by atoms with Crippen LogP contribution >= 0.6 is 0 Å². The van der Waals surface area contributed by atoms with Crippen LogP contribution in [0, 0.1) is 0 Å². The first-order chi connectivity index (χ1) is 15.8. The van der Waals surface area contributed by atoms with Crippen LogP contribution < -0.4 is 10.6 Å². The Bertz CT molecular complexity index is 1010. The van der Waals surface area contributed by atoms with Gasteiger partial charge >= 0.3 is 18.0 Å². The van der Waals surface area contributed by atoms with Crippen LogP contribution in [0.5, 0.6) is 0 Å². The van der Waals surface area contributed by atoms with Crippen molar-refractivity contribution < 1.29 is 33.8 Å². The van der Waals surface area contributed by atoms with Gasteiger partial charge in [0.05, 0.1) is 13.0 Å².